The zero-order chi connectivity index (χ0) is 13.8. The molecule has 0 N–H and O–H groups in total. The Bertz CT molecular complexity index is 622. The second kappa shape index (κ2) is 5.62. The lowest BCUT2D eigenvalue weighted by Crippen LogP contribution is -1.97. The van der Waals surface area contributed by atoms with Crippen molar-refractivity contribution in [3.05, 3.63) is 63.2 Å². The number of ether oxygens (including phenoxy) is 1. The van der Waals surface area contributed by atoms with Crippen molar-refractivity contribution in [1.29, 1.82) is 0 Å². The number of nitro benzene ring substituents is 1. The van der Waals surface area contributed by atoms with Crippen molar-refractivity contribution in [2.45, 2.75) is 6.61 Å². The predicted octanol–water partition coefficient (Wildman–Crippen LogP) is 3.36. The first kappa shape index (κ1) is 13.2. The van der Waals surface area contributed by atoms with Gasteiger partial charge >= 0.3 is 0 Å². The van der Waals surface area contributed by atoms with Gasteiger partial charge in [0.1, 0.15) is 23.2 Å². The van der Waals surface area contributed by atoms with Gasteiger partial charge in [0.25, 0.3) is 5.69 Å². The van der Waals surface area contributed by atoms with Crippen molar-refractivity contribution in [2.24, 2.45) is 0 Å². The molecule has 0 aliphatic heterocycles. The molecule has 0 spiro atoms. The molecule has 0 aliphatic rings. The molecule has 0 fully saturated rings. The van der Waals surface area contributed by atoms with Gasteiger partial charge < -0.3 is 4.74 Å². The van der Waals surface area contributed by atoms with Gasteiger partial charge in [0.05, 0.1) is 11.1 Å². The van der Waals surface area contributed by atoms with E-state index in [4.69, 9.17) is 16.3 Å². The van der Waals surface area contributed by atoms with Crippen molar-refractivity contribution in [3.63, 3.8) is 0 Å². The molecule has 0 saturated heterocycles. The van der Waals surface area contributed by atoms with Crippen LogP contribution in [-0.4, -0.2) is 9.91 Å². The number of nitro groups is 1. The summed E-state index contributed by atoms with van der Waals surface area (Å²) in [6, 6.07) is 5.31. The predicted molar refractivity (Wildman–Crippen MR) is 66.6 cm³/mol. The van der Waals surface area contributed by atoms with E-state index in [1.165, 1.54) is 30.5 Å². The van der Waals surface area contributed by atoms with Crippen LogP contribution in [0.15, 0.2) is 36.7 Å². The van der Waals surface area contributed by atoms with Crippen molar-refractivity contribution in [1.82, 2.24) is 4.98 Å². The van der Waals surface area contributed by atoms with Crippen LogP contribution in [0.3, 0.4) is 0 Å². The van der Waals surface area contributed by atoms with E-state index in [9.17, 15) is 14.5 Å². The van der Waals surface area contributed by atoms with Gasteiger partial charge in [0, 0.05) is 23.9 Å². The summed E-state index contributed by atoms with van der Waals surface area (Å²) < 4.78 is 18.2. The minimum atomic E-state index is -0.581. The summed E-state index contributed by atoms with van der Waals surface area (Å²) in [5.74, 6) is -0.0947. The van der Waals surface area contributed by atoms with E-state index in [2.05, 4.69) is 4.98 Å². The molecule has 1 heterocycles. The van der Waals surface area contributed by atoms with E-state index in [0.717, 1.165) is 6.20 Å². The Morgan fingerprint density at radius 3 is 2.79 bits per heavy atom. The van der Waals surface area contributed by atoms with Gasteiger partial charge in [-0.3, -0.25) is 15.1 Å². The topological polar surface area (TPSA) is 65.3 Å². The van der Waals surface area contributed by atoms with Gasteiger partial charge in [0.2, 0.25) is 0 Å². The molecule has 2 rings (SSSR count). The number of rotatable bonds is 4. The summed E-state index contributed by atoms with van der Waals surface area (Å²) in [6.45, 7) is 0.0961. The molecule has 5 nitrogen and oxygen atoms in total. The van der Waals surface area contributed by atoms with Crippen molar-refractivity contribution in [3.8, 4) is 5.75 Å². The first-order chi connectivity index (χ1) is 9.06. The second-order valence-electron chi connectivity index (χ2n) is 3.67. The maximum absolute atomic E-state index is 12.9. The number of aromatic nitrogens is 1. The molecule has 19 heavy (non-hydrogen) atoms. The Kier molecular flexibility index (Phi) is 3.91. The Labute approximate surface area is 112 Å². The van der Waals surface area contributed by atoms with Gasteiger partial charge in [0.15, 0.2) is 0 Å². The first-order valence-corrected chi connectivity index (χ1v) is 5.60. The minimum absolute atomic E-state index is 0.0140. The average Bonchev–Trinajstić information content (AvgIpc) is 2.36. The summed E-state index contributed by atoms with van der Waals surface area (Å²) in [7, 11) is 0. The number of pyridine rings is 1. The Morgan fingerprint density at radius 2 is 2.16 bits per heavy atom. The van der Waals surface area contributed by atoms with Crippen LogP contribution in [0.25, 0.3) is 0 Å². The minimum Gasteiger partial charge on any atom is -0.489 e. The van der Waals surface area contributed by atoms with Crippen molar-refractivity contribution >= 4 is 17.3 Å². The molecule has 0 bridgehead atoms. The van der Waals surface area contributed by atoms with Crippen LogP contribution in [-0.2, 0) is 6.61 Å². The van der Waals surface area contributed by atoms with Crippen LogP contribution in [0.4, 0.5) is 10.1 Å². The summed E-state index contributed by atoms with van der Waals surface area (Å²) in [6.07, 6.45) is 2.56. The smallest absolute Gasteiger partial charge is 0.288 e. The molecule has 0 aliphatic carbocycles. The SMILES string of the molecule is O=[N+]([O-])c1ccc(OCc2cncc(F)c2)cc1Cl. The molecule has 2 aromatic rings. The maximum atomic E-state index is 12.9. The Balaban J connectivity index is 2.08. The second-order valence-corrected chi connectivity index (χ2v) is 4.08. The molecule has 0 saturated carbocycles. The van der Waals surface area contributed by atoms with Gasteiger partial charge in [-0.25, -0.2) is 4.39 Å². The molecule has 98 valence electrons. The highest BCUT2D eigenvalue weighted by atomic mass is 35.5. The number of hydrogen-bond acceptors (Lipinski definition) is 4. The monoisotopic (exact) mass is 282 g/mol. The molecule has 0 amide bonds. The van der Waals surface area contributed by atoms with Crippen LogP contribution in [0.2, 0.25) is 5.02 Å². The number of hydrogen-bond donors (Lipinski definition) is 0. The largest absolute Gasteiger partial charge is 0.489 e. The molecular formula is C12H8ClFN2O3. The van der Waals surface area contributed by atoms with Gasteiger partial charge in [-0.15, -0.1) is 0 Å². The maximum Gasteiger partial charge on any atom is 0.288 e. The van der Waals surface area contributed by atoms with E-state index in [1.54, 1.807) is 0 Å². The van der Waals surface area contributed by atoms with E-state index in [-0.39, 0.29) is 17.3 Å². The van der Waals surface area contributed by atoms with Crippen LogP contribution >= 0.6 is 11.6 Å². The lowest BCUT2D eigenvalue weighted by Gasteiger charge is -2.06. The fraction of sp³-hybridized carbons (Fsp3) is 0.0833. The number of benzene rings is 1. The fourth-order valence-electron chi connectivity index (χ4n) is 1.43. The Hall–Kier alpha value is -2.21. The zero-order valence-corrected chi connectivity index (χ0v) is 10.3. The molecular weight excluding hydrogens is 275 g/mol. The van der Waals surface area contributed by atoms with Crippen molar-refractivity contribution < 1.29 is 14.1 Å². The molecule has 7 heteroatoms. The highest BCUT2D eigenvalue weighted by Crippen LogP contribution is 2.28. The molecule has 0 atom stereocenters. The van der Waals surface area contributed by atoms with Crippen molar-refractivity contribution in [2.75, 3.05) is 0 Å². The molecule has 0 radical (unpaired) electrons. The average molecular weight is 283 g/mol. The normalized spacial score (nSPS) is 10.2. The van der Waals surface area contributed by atoms with Crippen LogP contribution in [0.5, 0.6) is 5.75 Å². The molecule has 1 aromatic heterocycles. The lowest BCUT2D eigenvalue weighted by molar-refractivity contribution is -0.384. The third-order valence-corrected chi connectivity index (χ3v) is 2.59. The van der Waals surface area contributed by atoms with Gasteiger partial charge in [-0.1, -0.05) is 11.6 Å². The number of nitrogens with zero attached hydrogens (tertiary/aromatic N) is 2. The summed E-state index contributed by atoms with van der Waals surface area (Å²) in [5, 5.41) is 10.6. The third-order valence-electron chi connectivity index (χ3n) is 2.28. The number of halogens is 2. The first-order valence-electron chi connectivity index (χ1n) is 5.22. The highest BCUT2D eigenvalue weighted by molar-refractivity contribution is 6.32. The van der Waals surface area contributed by atoms with E-state index < -0.39 is 10.7 Å². The summed E-state index contributed by atoms with van der Waals surface area (Å²) >= 11 is 5.74. The Morgan fingerprint density at radius 1 is 1.37 bits per heavy atom. The van der Waals surface area contributed by atoms with Crippen LogP contribution in [0.1, 0.15) is 5.56 Å². The quantitative estimate of drug-likeness (QED) is 0.637. The van der Waals surface area contributed by atoms with Gasteiger partial charge in [-0.05, 0) is 12.1 Å². The molecule has 1 aromatic carbocycles. The standard InChI is InChI=1S/C12H8ClFN2O3/c13-11-4-10(1-2-12(11)16(17)18)19-7-8-3-9(14)6-15-5-8/h1-6H,7H2. The van der Waals surface area contributed by atoms with Crippen LogP contribution in [0, 0.1) is 15.9 Å². The lowest BCUT2D eigenvalue weighted by atomic mass is 10.3. The van der Waals surface area contributed by atoms with E-state index >= 15 is 0 Å². The zero-order valence-electron chi connectivity index (χ0n) is 9.55. The summed E-state index contributed by atoms with van der Waals surface area (Å²) in [4.78, 5) is 13.7. The summed E-state index contributed by atoms with van der Waals surface area (Å²) in [5.41, 5.74) is 0.357. The van der Waals surface area contributed by atoms with Crippen LogP contribution < -0.4 is 4.74 Å². The van der Waals surface area contributed by atoms with E-state index in [0.29, 0.717) is 11.3 Å². The highest BCUT2D eigenvalue weighted by Gasteiger charge is 2.12. The van der Waals surface area contributed by atoms with E-state index in [1.807, 2.05) is 0 Å². The fourth-order valence-corrected chi connectivity index (χ4v) is 1.67. The molecule has 0 unspecified atom stereocenters. The third kappa shape index (κ3) is 3.38. The van der Waals surface area contributed by atoms with Gasteiger partial charge in [-0.2, -0.15) is 0 Å².